The fraction of sp³-hybridized carbons (Fsp3) is 0.125. The summed E-state index contributed by atoms with van der Waals surface area (Å²) < 4.78 is 0. The van der Waals surface area contributed by atoms with E-state index in [0.717, 1.165) is 21.9 Å². The fourth-order valence-corrected chi connectivity index (χ4v) is 2.63. The third kappa shape index (κ3) is 1.50. The summed E-state index contributed by atoms with van der Waals surface area (Å²) in [6.45, 7) is 0. The standard InChI is InChI=1S/C16H11O2/c17-9-13(10-18)14-8-7-12-4-1-3-11-5-2-6-15(14)16(11)12/h1-9,13-14H. The summed E-state index contributed by atoms with van der Waals surface area (Å²) in [5.74, 6) is -0.918. The van der Waals surface area contributed by atoms with Gasteiger partial charge in [0.25, 0.3) is 0 Å². The molecule has 0 amide bonds. The molecular formula is C16H11O2. The SMILES string of the molecule is O=[C]C(C=O)C1C=Cc2cccc3cccc1c23. The lowest BCUT2D eigenvalue weighted by molar-refractivity contribution is -0.109. The van der Waals surface area contributed by atoms with E-state index in [1.807, 2.05) is 54.8 Å². The third-order valence-corrected chi connectivity index (χ3v) is 3.48. The molecule has 0 saturated heterocycles. The molecule has 0 aliphatic heterocycles. The zero-order valence-corrected chi connectivity index (χ0v) is 9.67. The van der Waals surface area contributed by atoms with E-state index in [0.29, 0.717) is 6.29 Å². The van der Waals surface area contributed by atoms with Gasteiger partial charge in [-0.2, -0.15) is 0 Å². The molecule has 0 bridgehead atoms. The van der Waals surface area contributed by atoms with Gasteiger partial charge in [-0.05, 0) is 21.9 Å². The van der Waals surface area contributed by atoms with Crippen molar-refractivity contribution in [3.8, 4) is 0 Å². The van der Waals surface area contributed by atoms with E-state index in [2.05, 4.69) is 0 Å². The van der Waals surface area contributed by atoms with Crippen LogP contribution >= 0.6 is 0 Å². The van der Waals surface area contributed by atoms with Gasteiger partial charge in [-0.1, -0.05) is 48.6 Å². The maximum absolute atomic E-state index is 11.0. The van der Waals surface area contributed by atoms with Gasteiger partial charge in [-0.3, -0.25) is 4.79 Å². The van der Waals surface area contributed by atoms with E-state index < -0.39 is 5.92 Å². The summed E-state index contributed by atoms with van der Waals surface area (Å²) in [7, 11) is 0. The van der Waals surface area contributed by atoms with Crippen molar-refractivity contribution in [2.45, 2.75) is 5.92 Å². The van der Waals surface area contributed by atoms with E-state index in [1.54, 1.807) is 0 Å². The van der Waals surface area contributed by atoms with Crippen molar-refractivity contribution in [3.05, 3.63) is 53.6 Å². The van der Waals surface area contributed by atoms with Crippen LogP contribution in [-0.2, 0) is 9.59 Å². The van der Waals surface area contributed by atoms with E-state index in [9.17, 15) is 9.59 Å². The van der Waals surface area contributed by atoms with Crippen molar-refractivity contribution in [3.63, 3.8) is 0 Å². The Morgan fingerprint density at radius 3 is 2.67 bits per heavy atom. The molecule has 0 N–H and O–H groups in total. The van der Waals surface area contributed by atoms with Crippen LogP contribution in [0.2, 0.25) is 0 Å². The number of aldehydes is 1. The molecule has 0 saturated carbocycles. The smallest absolute Gasteiger partial charge is 0.210 e. The minimum absolute atomic E-state index is 0.196. The quantitative estimate of drug-likeness (QED) is 0.605. The topological polar surface area (TPSA) is 34.1 Å². The number of hydrogen-bond acceptors (Lipinski definition) is 2. The van der Waals surface area contributed by atoms with Gasteiger partial charge in [-0.25, -0.2) is 0 Å². The number of carbonyl (C=O) groups is 1. The first-order valence-electron chi connectivity index (χ1n) is 5.88. The highest BCUT2D eigenvalue weighted by molar-refractivity contribution is 5.97. The van der Waals surface area contributed by atoms with Crippen molar-refractivity contribution in [1.29, 1.82) is 0 Å². The van der Waals surface area contributed by atoms with Crippen LogP contribution in [0, 0.1) is 5.92 Å². The largest absolute Gasteiger partial charge is 0.303 e. The van der Waals surface area contributed by atoms with E-state index in [1.165, 1.54) is 0 Å². The van der Waals surface area contributed by atoms with Crippen molar-refractivity contribution in [2.24, 2.45) is 5.92 Å². The van der Waals surface area contributed by atoms with Crippen LogP contribution < -0.4 is 0 Å². The monoisotopic (exact) mass is 235 g/mol. The molecule has 1 aliphatic carbocycles. The van der Waals surface area contributed by atoms with Crippen LogP contribution in [0.5, 0.6) is 0 Å². The normalized spacial score (nSPS) is 17.1. The van der Waals surface area contributed by atoms with Crippen LogP contribution in [0.25, 0.3) is 16.8 Å². The molecule has 0 fully saturated rings. The van der Waals surface area contributed by atoms with Gasteiger partial charge in [0.1, 0.15) is 6.29 Å². The molecular weight excluding hydrogens is 224 g/mol. The Morgan fingerprint density at radius 2 is 1.94 bits per heavy atom. The molecule has 0 heterocycles. The maximum atomic E-state index is 11.0. The Labute approximate surface area is 105 Å². The molecule has 1 aliphatic rings. The zero-order chi connectivity index (χ0) is 12.5. The predicted molar refractivity (Wildman–Crippen MR) is 71.0 cm³/mol. The minimum Gasteiger partial charge on any atom is -0.303 e. The molecule has 1 radical (unpaired) electrons. The second kappa shape index (κ2) is 4.22. The predicted octanol–water partition coefficient (Wildman–Crippen LogP) is 2.88. The summed E-state index contributed by atoms with van der Waals surface area (Å²) in [4.78, 5) is 21.8. The number of carbonyl (C=O) groups excluding carboxylic acids is 2. The number of benzene rings is 2. The lowest BCUT2D eigenvalue weighted by Gasteiger charge is -2.22. The molecule has 0 spiro atoms. The summed E-state index contributed by atoms with van der Waals surface area (Å²) in [5.41, 5.74) is 2.17. The molecule has 2 heteroatoms. The fourth-order valence-electron chi connectivity index (χ4n) is 2.63. The van der Waals surface area contributed by atoms with Gasteiger partial charge >= 0.3 is 0 Å². The maximum Gasteiger partial charge on any atom is 0.210 e. The molecule has 2 unspecified atom stereocenters. The van der Waals surface area contributed by atoms with Gasteiger partial charge < -0.3 is 4.79 Å². The molecule has 3 rings (SSSR count). The third-order valence-electron chi connectivity index (χ3n) is 3.48. The minimum atomic E-state index is -0.722. The Morgan fingerprint density at radius 1 is 1.17 bits per heavy atom. The summed E-state index contributed by atoms with van der Waals surface area (Å²) in [5, 5.41) is 2.27. The Kier molecular flexibility index (Phi) is 2.56. The van der Waals surface area contributed by atoms with Crippen LogP contribution in [0.3, 0.4) is 0 Å². The van der Waals surface area contributed by atoms with Crippen molar-refractivity contribution >= 4 is 29.4 Å². The van der Waals surface area contributed by atoms with Gasteiger partial charge in [0, 0.05) is 5.92 Å². The van der Waals surface area contributed by atoms with Crippen LogP contribution in [0.15, 0.2) is 42.5 Å². The van der Waals surface area contributed by atoms with E-state index >= 15 is 0 Å². The van der Waals surface area contributed by atoms with Gasteiger partial charge in [0.05, 0.1) is 5.92 Å². The van der Waals surface area contributed by atoms with Crippen LogP contribution in [-0.4, -0.2) is 12.6 Å². The van der Waals surface area contributed by atoms with Crippen LogP contribution in [0.1, 0.15) is 17.0 Å². The number of hydrogen-bond donors (Lipinski definition) is 0. The summed E-state index contributed by atoms with van der Waals surface area (Å²) >= 11 is 0. The van der Waals surface area contributed by atoms with Gasteiger partial charge in [0.2, 0.25) is 6.29 Å². The Hall–Kier alpha value is -2.22. The van der Waals surface area contributed by atoms with Crippen molar-refractivity contribution in [1.82, 2.24) is 0 Å². The molecule has 2 atom stereocenters. The molecule has 2 nitrogen and oxygen atoms in total. The first-order valence-corrected chi connectivity index (χ1v) is 5.88. The van der Waals surface area contributed by atoms with Crippen molar-refractivity contribution < 1.29 is 9.59 Å². The molecule has 2 aromatic rings. The van der Waals surface area contributed by atoms with Gasteiger partial charge in [-0.15, -0.1) is 0 Å². The lowest BCUT2D eigenvalue weighted by Crippen LogP contribution is -2.16. The average molecular weight is 235 g/mol. The highest BCUT2D eigenvalue weighted by atomic mass is 16.1. The van der Waals surface area contributed by atoms with Crippen LogP contribution in [0.4, 0.5) is 0 Å². The van der Waals surface area contributed by atoms with Crippen molar-refractivity contribution in [2.75, 3.05) is 0 Å². The summed E-state index contributed by atoms with van der Waals surface area (Å²) in [6, 6.07) is 12.1. The Bertz CT molecular complexity index is 642. The highest BCUT2D eigenvalue weighted by Crippen LogP contribution is 2.37. The van der Waals surface area contributed by atoms with E-state index in [4.69, 9.17) is 0 Å². The molecule has 2 aromatic carbocycles. The van der Waals surface area contributed by atoms with E-state index in [-0.39, 0.29) is 5.92 Å². The number of rotatable bonds is 3. The average Bonchev–Trinajstić information content (AvgIpc) is 2.43. The first-order chi connectivity index (χ1) is 8.85. The second-order valence-corrected chi connectivity index (χ2v) is 4.46. The molecule has 18 heavy (non-hydrogen) atoms. The lowest BCUT2D eigenvalue weighted by atomic mass is 9.80. The highest BCUT2D eigenvalue weighted by Gasteiger charge is 2.25. The zero-order valence-electron chi connectivity index (χ0n) is 9.67. The molecule has 0 aromatic heterocycles. The number of allylic oxidation sites excluding steroid dienone is 1. The second-order valence-electron chi connectivity index (χ2n) is 4.46. The molecule has 87 valence electrons. The Balaban J connectivity index is 2.27. The van der Waals surface area contributed by atoms with Gasteiger partial charge in [0.15, 0.2) is 0 Å². The first kappa shape index (κ1) is 10.9. The summed E-state index contributed by atoms with van der Waals surface area (Å²) in [6.07, 6.45) is 6.40.